The molecule has 0 N–H and O–H groups in total. The van der Waals surface area contributed by atoms with Crippen molar-refractivity contribution in [2.45, 2.75) is 0 Å². The Balaban J connectivity index is 1.37. The first kappa shape index (κ1) is 25.6. The van der Waals surface area contributed by atoms with Gasteiger partial charge in [0.05, 0.1) is 0 Å². The molecule has 0 nitrogen and oxygen atoms in total. The van der Waals surface area contributed by atoms with Crippen molar-refractivity contribution in [2.75, 3.05) is 0 Å². The summed E-state index contributed by atoms with van der Waals surface area (Å²) in [5.74, 6) is 0. The lowest BCUT2D eigenvalue weighted by molar-refractivity contribution is 1.80. The minimum Gasteiger partial charge on any atom is -0.0616 e. The molecule has 0 radical (unpaired) electrons. The fraction of sp³-hybridized carbons (Fsp3) is 0. The van der Waals surface area contributed by atoms with Gasteiger partial charge in [-0.1, -0.05) is 121 Å². The molecular weight excluding hydrogens is 577 g/mol. The van der Waals surface area contributed by atoms with E-state index in [4.69, 9.17) is 0 Å². The second-order valence-electron chi connectivity index (χ2n) is 13.0. The van der Waals surface area contributed by atoms with E-state index in [0.29, 0.717) is 0 Å². The van der Waals surface area contributed by atoms with Crippen LogP contribution in [0.4, 0.5) is 0 Å². The highest BCUT2D eigenvalue weighted by Gasteiger charge is 2.11. The quantitative estimate of drug-likeness (QED) is 0.152. The lowest BCUT2D eigenvalue weighted by atomic mass is 9.92. The van der Waals surface area contributed by atoms with Crippen LogP contribution < -0.4 is 0 Å². The molecule has 11 rings (SSSR count). The molecule has 48 heavy (non-hydrogen) atoms. The van der Waals surface area contributed by atoms with E-state index in [2.05, 4.69) is 170 Å². The average molecular weight is 601 g/mol. The lowest BCUT2D eigenvalue weighted by Crippen LogP contribution is -1.84. The van der Waals surface area contributed by atoms with Crippen LogP contribution in [0, 0.1) is 24.3 Å². The molecule has 0 spiro atoms. The van der Waals surface area contributed by atoms with E-state index in [1.807, 2.05) is 0 Å². The van der Waals surface area contributed by atoms with Crippen molar-refractivity contribution in [3.8, 4) is 0 Å². The topological polar surface area (TPSA) is 0 Å². The average Bonchev–Trinajstić information content (AvgIpc) is 3.14. The summed E-state index contributed by atoms with van der Waals surface area (Å²) in [4.78, 5) is 0. The molecule has 0 aliphatic carbocycles. The molecule has 0 aliphatic rings. The lowest BCUT2D eigenvalue weighted by Gasteiger charge is -2.11. The molecule has 0 saturated carbocycles. The first-order chi connectivity index (χ1) is 23.7. The predicted molar refractivity (Wildman–Crippen MR) is 206 cm³/mol. The highest BCUT2D eigenvalue weighted by Crippen LogP contribution is 2.39. The Hall–Kier alpha value is -6.60. The normalized spacial score (nSPS) is 11.8. The summed E-state index contributed by atoms with van der Waals surface area (Å²) < 4.78 is 0. The van der Waals surface area contributed by atoms with Crippen LogP contribution >= 0.6 is 0 Å². The molecule has 0 unspecified atom stereocenters. The summed E-state index contributed by atoms with van der Waals surface area (Å²) >= 11 is 0. The minimum absolute atomic E-state index is 1.01. The molecule has 0 saturated heterocycles. The van der Waals surface area contributed by atoms with Gasteiger partial charge in [-0.15, -0.1) is 0 Å². The van der Waals surface area contributed by atoms with Crippen LogP contribution in [0.5, 0.6) is 0 Å². The van der Waals surface area contributed by atoms with Crippen molar-refractivity contribution in [2.24, 2.45) is 0 Å². The second kappa shape index (κ2) is 9.47. The third-order valence-electron chi connectivity index (χ3n) is 10.3. The largest absolute Gasteiger partial charge is 0.0616 e. The Morgan fingerprint density at radius 2 is 0.396 bits per heavy atom. The van der Waals surface area contributed by atoms with E-state index in [9.17, 15) is 0 Å². The Kier molecular flexibility index (Phi) is 5.04. The highest BCUT2D eigenvalue weighted by atomic mass is 14.1. The molecule has 0 atom stereocenters. The first-order valence-corrected chi connectivity index (χ1v) is 16.4. The van der Waals surface area contributed by atoms with Gasteiger partial charge >= 0.3 is 0 Å². The molecule has 0 aliphatic heterocycles. The maximum atomic E-state index is 3.54. The molecule has 8 bridgehead atoms. The molecule has 11 aromatic rings. The van der Waals surface area contributed by atoms with E-state index in [0.717, 1.165) is 21.5 Å². The first-order valence-electron chi connectivity index (χ1n) is 16.4. The zero-order valence-electron chi connectivity index (χ0n) is 25.9. The molecule has 216 valence electrons. The van der Waals surface area contributed by atoms with Crippen LogP contribution in [0.2, 0.25) is 0 Å². The minimum atomic E-state index is 1.01. The molecule has 0 aromatic heterocycles. The van der Waals surface area contributed by atoms with E-state index < -0.39 is 0 Å². The van der Waals surface area contributed by atoms with Gasteiger partial charge in [0.15, 0.2) is 0 Å². The van der Waals surface area contributed by atoms with Gasteiger partial charge in [0.1, 0.15) is 0 Å². The Bertz CT molecular complexity index is 2760. The molecule has 11 aromatic carbocycles. The Labute approximate surface area is 276 Å². The number of benzene rings is 10. The van der Waals surface area contributed by atoms with Gasteiger partial charge in [-0.25, -0.2) is 0 Å². The summed E-state index contributed by atoms with van der Waals surface area (Å²) in [5.41, 5.74) is 0. The number of fused-ring (bicyclic) bond motifs is 4. The van der Waals surface area contributed by atoms with Crippen molar-refractivity contribution < 1.29 is 0 Å². The highest BCUT2D eigenvalue weighted by molar-refractivity contribution is 6.29. The van der Waals surface area contributed by atoms with Crippen LogP contribution in [-0.4, -0.2) is 0 Å². The third-order valence-corrected chi connectivity index (χ3v) is 10.3. The maximum Gasteiger partial charge on any atom is 0.0255 e. The second-order valence-corrected chi connectivity index (χ2v) is 13.0. The zero-order valence-corrected chi connectivity index (χ0v) is 25.9. The van der Waals surface area contributed by atoms with Crippen molar-refractivity contribution in [1.29, 1.82) is 0 Å². The summed E-state index contributed by atoms with van der Waals surface area (Å²) in [6, 6.07) is 67.6. The summed E-state index contributed by atoms with van der Waals surface area (Å²) in [5, 5.41) is 23.8. The number of hydrogen-bond donors (Lipinski definition) is 0. The van der Waals surface area contributed by atoms with Gasteiger partial charge in [0.2, 0.25) is 0 Å². The fourth-order valence-electron chi connectivity index (χ4n) is 7.98. The number of hydrogen-bond acceptors (Lipinski definition) is 0. The van der Waals surface area contributed by atoms with Gasteiger partial charge < -0.3 is 0 Å². The van der Waals surface area contributed by atoms with Gasteiger partial charge in [-0.3, -0.25) is 0 Å². The fourth-order valence-corrected chi connectivity index (χ4v) is 7.98. The Morgan fingerprint density at radius 1 is 0.208 bits per heavy atom. The predicted octanol–water partition coefficient (Wildman–Crippen LogP) is 13.0. The maximum absolute atomic E-state index is 3.54. The standard InChI is InChI=1S/C48H24/c1-2-30-6-10-34-14-18-38-23-24-40-20-16-36-12-8-32(28-44(36)48(40)46(38)42(34)26-30)4-3-31-7-11-35-15-19-39-22-21-37-17-13-33-9-5-29(1)25-41(33)45(37)47(39)43(35)27-31/h5-28H. The summed E-state index contributed by atoms with van der Waals surface area (Å²) in [7, 11) is 0. The van der Waals surface area contributed by atoms with Crippen molar-refractivity contribution in [1.82, 2.24) is 0 Å². The van der Waals surface area contributed by atoms with Gasteiger partial charge in [-0.2, -0.15) is 0 Å². The van der Waals surface area contributed by atoms with Crippen LogP contribution in [0.25, 0.3) is 108 Å². The molecule has 0 fully saturated rings. The van der Waals surface area contributed by atoms with Crippen molar-refractivity contribution in [3.63, 3.8) is 0 Å². The van der Waals surface area contributed by atoms with Crippen LogP contribution in [0.1, 0.15) is 0 Å². The van der Waals surface area contributed by atoms with E-state index in [1.54, 1.807) is 0 Å². The van der Waals surface area contributed by atoms with Crippen LogP contribution in [0.3, 0.4) is 0 Å². The Morgan fingerprint density at radius 3 is 0.625 bits per heavy atom. The summed E-state index contributed by atoms with van der Waals surface area (Å²) in [6.07, 6.45) is 0. The molecule has 0 heteroatoms. The smallest absolute Gasteiger partial charge is 0.0255 e. The molecule has 0 heterocycles. The third kappa shape index (κ3) is 3.69. The summed E-state index contributed by atoms with van der Waals surface area (Å²) in [6.45, 7) is 0. The van der Waals surface area contributed by atoms with E-state index in [-0.39, 0.29) is 0 Å². The van der Waals surface area contributed by atoms with Gasteiger partial charge in [-0.05, 0) is 135 Å². The number of rotatable bonds is 0. The molecular formula is C48H24. The van der Waals surface area contributed by atoms with E-state index in [1.165, 1.54) is 86.2 Å². The SMILES string of the molecule is c1c2ccc3ccc4ccc5ccc6ccc(c#cc7ccc8ccc9ccc%10ccc%11ccc(c#1)cc%11c%10c9c8c7)cc6c5c4c3c2. The van der Waals surface area contributed by atoms with Crippen molar-refractivity contribution >= 4 is 108 Å². The zero-order chi connectivity index (χ0) is 31.3. The van der Waals surface area contributed by atoms with Crippen LogP contribution in [-0.2, 0) is 0 Å². The van der Waals surface area contributed by atoms with Gasteiger partial charge in [0.25, 0.3) is 0 Å². The van der Waals surface area contributed by atoms with Crippen molar-refractivity contribution in [3.05, 3.63) is 170 Å². The monoisotopic (exact) mass is 600 g/mol. The van der Waals surface area contributed by atoms with E-state index >= 15 is 0 Å². The van der Waals surface area contributed by atoms with Gasteiger partial charge in [0, 0.05) is 21.5 Å². The molecule has 0 amide bonds. The van der Waals surface area contributed by atoms with Crippen LogP contribution in [0.15, 0.2) is 146 Å².